The first-order valence-corrected chi connectivity index (χ1v) is 5.90. The Labute approximate surface area is 101 Å². The molecular formula is C11H14BN3S. The SMILES string of the molecule is [B]c1cc2[nH]c(SC(C)(C)C)nc2cc1N. The molecule has 0 unspecified atom stereocenters. The molecular weight excluding hydrogens is 217 g/mol. The van der Waals surface area contributed by atoms with E-state index in [0.717, 1.165) is 16.2 Å². The zero-order valence-electron chi connectivity index (χ0n) is 9.66. The summed E-state index contributed by atoms with van der Waals surface area (Å²) in [6, 6.07) is 3.62. The molecule has 2 aromatic rings. The van der Waals surface area contributed by atoms with Gasteiger partial charge in [-0.2, -0.15) is 0 Å². The Morgan fingerprint density at radius 1 is 1.38 bits per heavy atom. The van der Waals surface area contributed by atoms with Gasteiger partial charge < -0.3 is 10.7 Å². The van der Waals surface area contributed by atoms with Crippen LogP contribution in [0.3, 0.4) is 0 Å². The van der Waals surface area contributed by atoms with E-state index in [0.29, 0.717) is 11.2 Å². The molecule has 0 aliphatic heterocycles. The molecule has 0 atom stereocenters. The molecule has 0 amide bonds. The highest BCUT2D eigenvalue weighted by atomic mass is 32.2. The molecule has 3 N–H and O–H groups in total. The Morgan fingerprint density at radius 3 is 2.69 bits per heavy atom. The van der Waals surface area contributed by atoms with Crippen molar-refractivity contribution < 1.29 is 0 Å². The van der Waals surface area contributed by atoms with Gasteiger partial charge in [0.05, 0.1) is 11.0 Å². The number of rotatable bonds is 1. The monoisotopic (exact) mass is 231 g/mol. The second-order valence-electron chi connectivity index (χ2n) is 4.75. The number of nitrogen functional groups attached to an aromatic ring is 1. The Morgan fingerprint density at radius 2 is 2.06 bits per heavy atom. The number of nitrogens with two attached hydrogens (primary N) is 1. The topological polar surface area (TPSA) is 54.7 Å². The molecule has 2 rings (SSSR count). The summed E-state index contributed by atoms with van der Waals surface area (Å²) in [5, 5.41) is 0.896. The number of benzene rings is 1. The van der Waals surface area contributed by atoms with Crippen molar-refractivity contribution >= 4 is 41.8 Å². The van der Waals surface area contributed by atoms with Crippen molar-refractivity contribution in [2.75, 3.05) is 5.73 Å². The molecule has 0 aliphatic rings. The van der Waals surface area contributed by atoms with Crippen molar-refractivity contribution in [2.24, 2.45) is 0 Å². The van der Waals surface area contributed by atoms with Crippen molar-refractivity contribution in [3.8, 4) is 0 Å². The molecule has 0 spiro atoms. The first kappa shape index (κ1) is 11.4. The van der Waals surface area contributed by atoms with E-state index in [1.54, 1.807) is 17.8 Å². The summed E-state index contributed by atoms with van der Waals surface area (Å²) in [5.41, 5.74) is 8.69. The van der Waals surface area contributed by atoms with Crippen LogP contribution in [0.25, 0.3) is 11.0 Å². The highest BCUT2D eigenvalue weighted by Gasteiger charge is 2.15. The molecule has 0 saturated heterocycles. The molecule has 2 radical (unpaired) electrons. The van der Waals surface area contributed by atoms with Crippen LogP contribution >= 0.6 is 11.8 Å². The molecule has 0 saturated carbocycles. The van der Waals surface area contributed by atoms with Crippen LogP contribution in [0.1, 0.15) is 20.8 Å². The highest BCUT2D eigenvalue weighted by Crippen LogP contribution is 2.30. The highest BCUT2D eigenvalue weighted by molar-refractivity contribution is 8.00. The number of aromatic nitrogens is 2. The Balaban J connectivity index is 2.44. The molecule has 0 fully saturated rings. The van der Waals surface area contributed by atoms with Crippen LogP contribution in [-0.2, 0) is 0 Å². The number of thioether (sulfide) groups is 1. The number of fused-ring (bicyclic) bond motifs is 1. The second kappa shape index (κ2) is 3.73. The Hall–Kier alpha value is -1.10. The molecule has 1 aromatic heterocycles. The third kappa shape index (κ3) is 2.35. The van der Waals surface area contributed by atoms with E-state index < -0.39 is 0 Å². The standard InChI is InChI=1S/C11H14BN3S/c1-11(2,3)16-10-14-8-4-6(12)7(13)5-9(8)15-10/h4-5H,13H2,1-3H3,(H,14,15). The predicted molar refractivity (Wildman–Crippen MR) is 71.5 cm³/mol. The van der Waals surface area contributed by atoms with Crippen molar-refractivity contribution in [3.63, 3.8) is 0 Å². The van der Waals surface area contributed by atoms with Gasteiger partial charge in [-0.25, -0.2) is 4.98 Å². The molecule has 5 heteroatoms. The van der Waals surface area contributed by atoms with Crippen molar-refractivity contribution in [2.45, 2.75) is 30.7 Å². The maximum atomic E-state index is 5.74. The molecule has 1 aromatic carbocycles. The number of nitrogens with zero attached hydrogens (tertiary/aromatic N) is 1. The lowest BCUT2D eigenvalue weighted by atomic mass is 9.94. The van der Waals surface area contributed by atoms with Gasteiger partial charge in [0.1, 0.15) is 7.85 Å². The van der Waals surface area contributed by atoms with Gasteiger partial charge in [-0.3, -0.25) is 0 Å². The minimum atomic E-state index is 0.130. The van der Waals surface area contributed by atoms with Crippen molar-refractivity contribution in [1.82, 2.24) is 9.97 Å². The van der Waals surface area contributed by atoms with E-state index in [1.807, 2.05) is 6.07 Å². The largest absolute Gasteiger partial charge is 0.399 e. The number of aromatic amines is 1. The Bertz CT molecular complexity index is 489. The summed E-state index contributed by atoms with van der Waals surface area (Å²) < 4.78 is 0.130. The maximum absolute atomic E-state index is 5.74. The zero-order chi connectivity index (χ0) is 11.9. The molecule has 0 aliphatic carbocycles. The predicted octanol–water partition coefficient (Wildman–Crippen LogP) is 1.83. The van der Waals surface area contributed by atoms with Crippen LogP contribution in [-0.4, -0.2) is 22.6 Å². The number of hydrogen-bond donors (Lipinski definition) is 2. The number of anilines is 1. The minimum Gasteiger partial charge on any atom is -0.399 e. The van der Waals surface area contributed by atoms with Crippen molar-refractivity contribution in [3.05, 3.63) is 12.1 Å². The first-order valence-electron chi connectivity index (χ1n) is 5.09. The fourth-order valence-electron chi connectivity index (χ4n) is 1.40. The fourth-order valence-corrected chi connectivity index (χ4v) is 2.29. The summed E-state index contributed by atoms with van der Waals surface area (Å²) in [7, 11) is 5.74. The van der Waals surface area contributed by atoms with E-state index in [2.05, 4.69) is 30.7 Å². The Kier molecular flexibility index (Phi) is 2.66. The summed E-state index contributed by atoms with van der Waals surface area (Å²) in [5.74, 6) is 0. The van der Waals surface area contributed by atoms with Crippen LogP contribution in [0.5, 0.6) is 0 Å². The molecule has 0 bridgehead atoms. The van der Waals surface area contributed by atoms with Gasteiger partial charge in [-0.05, 0) is 12.1 Å². The van der Waals surface area contributed by atoms with Crippen LogP contribution in [0.2, 0.25) is 0 Å². The number of nitrogens with one attached hydrogen (secondary N) is 1. The summed E-state index contributed by atoms with van der Waals surface area (Å²) >= 11 is 1.69. The quantitative estimate of drug-likeness (QED) is 0.447. The zero-order valence-corrected chi connectivity index (χ0v) is 10.5. The van der Waals surface area contributed by atoms with E-state index >= 15 is 0 Å². The molecule has 1 heterocycles. The van der Waals surface area contributed by atoms with E-state index in [-0.39, 0.29) is 4.75 Å². The normalized spacial score (nSPS) is 12.2. The summed E-state index contributed by atoms with van der Waals surface area (Å²) in [6.07, 6.45) is 0. The minimum absolute atomic E-state index is 0.130. The van der Waals surface area contributed by atoms with Gasteiger partial charge in [-0.1, -0.05) is 38.0 Å². The lowest BCUT2D eigenvalue weighted by Crippen LogP contribution is -2.08. The summed E-state index contributed by atoms with van der Waals surface area (Å²) in [4.78, 5) is 7.71. The van der Waals surface area contributed by atoms with Gasteiger partial charge in [0.2, 0.25) is 0 Å². The van der Waals surface area contributed by atoms with Crippen molar-refractivity contribution in [1.29, 1.82) is 0 Å². The first-order chi connectivity index (χ1) is 7.35. The second-order valence-corrected chi connectivity index (χ2v) is 6.57. The average molecular weight is 231 g/mol. The van der Waals surface area contributed by atoms with Crippen LogP contribution < -0.4 is 11.2 Å². The van der Waals surface area contributed by atoms with Gasteiger partial charge >= 0.3 is 0 Å². The number of imidazole rings is 1. The molecule has 16 heavy (non-hydrogen) atoms. The molecule has 3 nitrogen and oxygen atoms in total. The van der Waals surface area contributed by atoms with E-state index in [1.165, 1.54) is 0 Å². The van der Waals surface area contributed by atoms with Crippen LogP contribution in [0, 0.1) is 0 Å². The summed E-state index contributed by atoms with van der Waals surface area (Å²) in [6.45, 7) is 6.44. The van der Waals surface area contributed by atoms with Gasteiger partial charge in [0.25, 0.3) is 0 Å². The van der Waals surface area contributed by atoms with Crippen LogP contribution in [0.4, 0.5) is 5.69 Å². The van der Waals surface area contributed by atoms with Crippen LogP contribution in [0.15, 0.2) is 17.3 Å². The van der Waals surface area contributed by atoms with Gasteiger partial charge in [-0.15, -0.1) is 0 Å². The fraction of sp³-hybridized carbons (Fsp3) is 0.364. The van der Waals surface area contributed by atoms with E-state index in [4.69, 9.17) is 13.6 Å². The van der Waals surface area contributed by atoms with Gasteiger partial charge in [0.15, 0.2) is 5.16 Å². The molecule has 82 valence electrons. The van der Waals surface area contributed by atoms with E-state index in [9.17, 15) is 0 Å². The third-order valence-corrected chi connectivity index (χ3v) is 3.07. The lowest BCUT2D eigenvalue weighted by molar-refractivity contribution is 0.796. The lowest BCUT2D eigenvalue weighted by Gasteiger charge is -2.14. The number of H-pyrrole nitrogens is 1. The van der Waals surface area contributed by atoms with Gasteiger partial charge in [0, 0.05) is 10.4 Å². The smallest absolute Gasteiger partial charge is 0.166 e. The maximum Gasteiger partial charge on any atom is 0.166 e. The average Bonchev–Trinajstić information content (AvgIpc) is 2.44. The third-order valence-electron chi connectivity index (χ3n) is 2.07. The number of hydrogen-bond acceptors (Lipinski definition) is 3.